The van der Waals surface area contributed by atoms with E-state index in [2.05, 4.69) is 49.5 Å². The maximum atomic E-state index is 12.7. The third kappa shape index (κ3) is 3.45. The zero-order chi connectivity index (χ0) is 16.9. The van der Waals surface area contributed by atoms with Gasteiger partial charge < -0.3 is 10.2 Å². The van der Waals surface area contributed by atoms with E-state index >= 15 is 0 Å². The number of amides is 1. The van der Waals surface area contributed by atoms with Crippen LogP contribution in [0.15, 0.2) is 54.6 Å². The fourth-order valence-corrected chi connectivity index (χ4v) is 3.51. The highest BCUT2D eigenvalue weighted by molar-refractivity contribution is 5.95. The standard InChI is InChI=1S/C21H26N2O/c1-3-4-14-21(24)23-16(2)15-19(18-12-8-9-13-20(18)23)22-17-10-6-5-7-11-17/h5-13,16,19,22H,3-4,14-15H2,1-2H3/t16-,19+/m0/s1. The summed E-state index contributed by atoms with van der Waals surface area (Å²) in [6, 6.07) is 19.0. The van der Waals surface area contributed by atoms with Crippen LogP contribution in [0.1, 0.15) is 51.1 Å². The Balaban J connectivity index is 1.88. The molecule has 3 rings (SSSR count). The Hall–Kier alpha value is -2.29. The lowest BCUT2D eigenvalue weighted by Crippen LogP contribution is -2.44. The van der Waals surface area contributed by atoms with E-state index in [-0.39, 0.29) is 18.0 Å². The minimum atomic E-state index is 0.200. The van der Waals surface area contributed by atoms with Crippen LogP contribution in [0.2, 0.25) is 0 Å². The lowest BCUT2D eigenvalue weighted by Gasteiger charge is -2.40. The second-order valence-corrected chi connectivity index (χ2v) is 6.57. The second-order valence-electron chi connectivity index (χ2n) is 6.57. The maximum Gasteiger partial charge on any atom is 0.227 e. The summed E-state index contributed by atoms with van der Waals surface area (Å²) in [7, 11) is 0. The zero-order valence-electron chi connectivity index (χ0n) is 14.5. The summed E-state index contributed by atoms with van der Waals surface area (Å²) < 4.78 is 0. The molecule has 0 spiro atoms. The monoisotopic (exact) mass is 322 g/mol. The van der Waals surface area contributed by atoms with Crippen molar-refractivity contribution in [1.82, 2.24) is 0 Å². The molecule has 3 heteroatoms. The average molecular weight is 322 g/mol. The van der Waals surface area contributed by atoms with Gasteiger partial charge in [-0.25, -0.2) is 0 Å². The molecule has 0 unspecified atom stereocenters. The number of hydrogen-bond donors (Lipinski definition) is 1. The smallest absolute Gasteiger partial charge is 0.227 e. The van der Waals surface area contributed by atoms with Crippen molar-refractivity contribution in [2.75, 3.05) is 10.2 Å². The molecule has 0 aromatic heterocycles. The van der Waals surface area contributed by atoms with Crippen LogP contribution in [-0.4, -0.2) is 11.9 Å². The quantitative estimate of drug-likeness (QED) is 0.825. The Morgan fingerprint density at radius 1 is 1.12 bits per heavy atom. The minimum absolute atomic E-state index is 0.200. The number of para-hydroxylation sites is 2. The molecule has 1 aliphatic heterocycles. The first kappa shape index (κ1) is 16.6. The van der Waals surface area contributed by atoms with Crippen LogP contribution in [0.25, 0.3) is 0 Å². The first-order valence-corrected chi connectivity index (χ1v) is 8.93. The topological polar surface area (TPSA) is 32.3 Å². The molecule has 0 aliphatic carbocycles. The average Bonchev–Trinajstić information content (AvgIpc) is 2.61. The number of anilines is 2. The summed E-state index contributed by atoms with van der Waals surface area (Å²) in [5.41, 5.74) is 3.39. The van der Waals surface area contributed by atoms with Crippen molar-refractivity contribution in [3.8, 4) is 0 Å². The van der Waals surface area contributed by atoms with Gasteiger partial charge in [-0.2, -0.15) is 0 Å². The molecule has 1 N–H and O–H groups in total. The molecular weight excluding hydrogens is 296 g/mol. The summed E-state index contributed by atoms with van der Waals surface area (Å²) >= 11 is 0. The molecular formula is C21H26N2O. The number of nitrogens with zero attached hydrogens (tertiary/aromatic N) is 1. The van der Waals surface area contributed by atoms with Crippen molar-refractivity contribution < 1.29 is 4.79 Å². The number of fused-ring (bicyclic) bond motifs is 1. The van der Waals surface area contributed by atoms with Crippen molar-refractivity contribution in [1.29, 1.82) is 0 Å². The molecule has 0 radical (unpaired) electrons. The van der Waals surface area contributed by atoms with E-state index in [1.54, 1.807) is 0 Å². The number of rotatable bonds is 5. The molecule has 0 saturated heterocycles. The van der Waals surface area contributed by atoms with Crippen LogP contribution in [-0.2, 0) is 4.79 Å². The predicted octanol–water partition coefficient (Wildman–Crippen LogP) is 5.16. The van der Waals surface area contributed by atoms with E-state index in [0.29, 0.717) is 6.42 Å². The van der Waals surface area contributed by atoms with Gasteiger partial charge in [-0.15, -0.1) is 0 Å². The molecule has 2 aromatic carbocycles. The lowest BCUT2D eigenvalue weighted by molar-refractivity contribution is -0.119. The fourth-order valence-electron chi connectivity index (χ4n) is 3.51. The molecule has 3 nitrogen and oxygen atoms in total. The Morgan fingerprint density at radius 2 is 1.83 bits per heavy atom. The van der Waals surface area contributed by atoms with Gasteiger partial charge in [0.05, 0.1) is 6.04 Å². The SMILES string of the molecule is CCCCC(=O)N1c2ccccc2[C@H](Nc2ccccc2)C[C@@H]1C. The number of unbranched alkanes of at least 4 members (excludes halogenated alkanes) is 1. The minimum Gasteiger partial charge on any atom is -0.378 e. The van der Waals surface area contributed by atoms with Crippen molar-refractivity contribution in [2.24, 2.45) is 0 Å². The van der Waals surface area contributed by atoms with Crippen molar-refractivity contribution in [3.63, 3.8) is 0 Å². The summed E-state index contributed by atoms with van der Waals surface area (Å²) in [4.78, 5) is 14.7. The summed E-state index contributed by atoms with van der Waals surface area (Å²) in [6.07, 6.45) is 3.55. The van der Waals surface area contributed by atoms with Gasteiger partial charge in [-0.3, -0.25) is 4.79 Å². The lowest BCUT2D eigenvalue weighted by atomic mass is 9.91. The van der Waals surface area contributed by atoms with E-state index in [1.165, 1.54) is 5.56 Å². The fraction of sp³-hybridized carbons (Fsp3) is 0.381. The summed E-state index contributed by atoms with van der Waals surface area (Å²) in [6.45, 7) is 4.28. The molecule has 0 saturated carbocycles. The first-order chi connectivity index (χ1) is 11.7. The van der Waals surface area contributed by atoms with Crippen molar-refractivity contribution >= 4 is 17.3 Å². The highest BCUT2D eigenvalue weighted by atomic mass is 16.2. The summed E-state index contributed by atoms with van der Waals surface area (Å²) in [5, 5.41) is 3.63. The van der Waals surface area contributed by atoms with Gasteiger partial charge in [-0.05, 0) is 43.5 Å². The van der Waals surface area contributed by atoms with E-state index in [1.807, 2.05) is 29.2 Å². The predicted molar refractivity (Wildman–Crippen MR) is 100 cm³/mol. The highest BCUT2D eigenvalue weighted by Gasteiger charge is 2.33. The van der Waals surface area contributed by atoms with Gasteiger partial charge in [0.2, 0.25) is 5.91 Å². The molecule has 24 heavy (non-hydrogen) atoms. The van der Waals surface area contributed by atoms with Crippen LogP contribution in [0.3, 0.4) is 0 Å². The Bertz CT molecular complexity index is 683. The van der Waals surface area contributed by atoms with Gasteiger partial charge in [-0.1, -0.05) is 49.7 Å². The van der Waals surface area contributed by atoms with Gasteiger partial charge in [0.15, 0.2) is 0 Å². The molecule has 2 atom stereocenters. The van der Waals surface area contributed by atoms with E-state index < -0.39 is 0 Å². The molecule has 0 bridgehead atoms. The van der Waals surface area contributed by atoms with Gasteiger partial charge in [0, 0.05) is 23.8 Å². The highest BCUT2D eigenvalue weighted by Crippen LogP contribution is 2.39. The number of carbonyl (C=O) groups excluding carboxylic acids is 1. The number of hydrogen-bond acceptors (Lipinski definition) is 2. The summed E-state index contributed by atoms with van der Waals surface area (Å²) in [5.74, 6) is 0.245. The molecule has 1 heterocycles. The van der Waals surface area contributed by atoms with Crippen molar-refractivity contribution in [3.05, 3.63) is 60.2 Å². The zero-order valence-corrected chi connectivity index (χ0v) is 14.5. The van der Waals surface area contributed by atoms with Crippen molar-refractivity contribution in [2.45, 2.75) is 51.6 Å². The van der Waals surface area contributed by atoms with Crippen LogP contribution in [0, 0.1) is 0 Å². The maximum absolute atomic E-state index is 12.7. The van der Waals surface area contributed by atoms with Crippen LogP contribution < -0.4 is 10.2 Å². The van der Waals surface area contributed by atoms with Crippen LogP contribution in [0.5, 0.6) is 0 Å². The number of nitrogens with one attached hydrogen (secondary N) is 1. The third-order valence-corrected chi connectivity index (χ3v) is 4.72. The van der Waals surface area contributed by atoms with Gasteiger partial charge >= 0.3 is 0 Å². The first-order valence-electron chi connectivity index (χ1n) is 8.93. The van der Waals surface area contributed by atoms with E-state index in [0.717, 1.165) is 30.6 Å². The van der Waals surface area contributed by atoms with Crippen LogP contribution >= 0.6 is 0 Å². The van der Waals surface area contributed by atoms with Crippen LogP contribution in [0.4, 0.5) is 11.4 Å². The Morgan fingerprint density at radius 3 is 2.58 bits per heavy atom. The molecule has 2 aromatic rings. The Labute approximate surface area is 144 Å². The molecule has 1 amide bonds. The molecule has 126 valence electrons. The number of benzene rings is 2. The van der Waals surface area contributed by atoms with Gasteiger partial charge in [0.25, 0.3) is 0 Å². The molecule has 0 fully saturated rings. The number of carbonyl (C=O) groups is 1. The third-order valence-electron chi connectivity index (χ3n) is 4.72. The normalized spacial score (nSPS) is 19.7. The van der Waals surface area contributed by atoms with Gasteiger partial charge in [0.1, 0.15) is 0 Å². The van der Waals surface area contributed by atoms with E-state index in [4.69, 9.17) is 0 Å². The second kappa shape index (κ2) is 7.52. The largest absolute Gasteiger partial charge is 0.378 e. The molecule has 1 aliphatic rings. The van der Waals surface area contributed by atoms with E-state index in [9.17, 15) is 4.79 Å². The Kier molecular flexibility index (Phi) is 5.19.